The van der Waals surface area contributed by atoms with Gasteiger partial charge in [-0.2, -0.15) is 0 Å². The van der Waals surface area contributed by atoms with Crippen LogP contribution in [0.15, 0.2) is 52.4 Å². The normalized spacial score (nSPS) is 11.7. The first-order valence-electron chi connectivity index (χ1n) is 6.98. The smallest absolute Gasteiger partial charge is 0.159 e. The number of nitrogens with zero attached hydrogens (tertiary/aromatic N) is 1. The number of aryl methyl sites for hydroxylation is 2. The second-order valence-electron chi connectivity index (χ2n) is 4.84. The lowest BCUT2D eigenvalue weighted by Crippen LogP contribution is -2.07. The molecule has 0 bridgehead atoms. The topological polar surface area (TPSA) is 38.4 Å². The van der Waals surface area contributed by atoms with Crippen LogP contribution in [0.4, 0.5) is 5.69 Å². The first kappa shape index (κ1) is 17.3. The van der Waals surface area contributed by atoms with E-state index in [1.54, 1.807) is 23.5 Å². The molecule has 0 radical (unpaired) electrons. The van der Waals surface area contributed by atoms with Crippen molar-refractivity contribution >= 4 is 46.0 Å². The average Bonchev–Trinajstić information content (AvgIpc) is 2.49. The summed E-state index contributed by atoms with van der Waals surface area (Å²) in [6.45, 7) is 4.11. The Labute approximate surface area is 145 Å². The fourth-order valence-electron chi connectivity index (χ4n) is 1.96. The van der Waals surface area contributed by atoms with Gasteiger partial charge >= 0.3 is 0 Å². The van der Waals surface area contributed by atoms with Gasteiger partial charge in [0.15, 0.2) is 5.17 Å². The van der Waals surface area contributed by atoms with Crippen molar-refractivity contribution in [2.24, 2.45) is 10.7 Å². The Morgan fingerprint density at radius 1 is 1.05 bits per heavy atom. The molecule has 2 N–H and O–H groups in total. The van der Waals surface area contributed by atoms with E-state index in [0.717, 1.165) is 33.3 Å². The Morgan fingerprint density at radius 2 is 1.68 bits per heavy atom. The highest BCUT2D eigenvalue weighted by Gasteiger charge is 2.02. The van der Waals surface area contributed by atoms with Gasteiger partial charge in [0.05, 0.1) is 5.69 Å². The largest absolute Gasteiger partial charge is 0.378 e. The van der Waals surface area contributed by atoms with Gasteiger partial charge in [0.1, 0.15) is 0 Å². The molecule has 2 aromatic rings. The van der Waals surface area contributed by atoms with Crippen LogP contribution in [0.1, 0.15) is 11.1 Å². The summed E-state index contributed by atoms with van der Waals surface area (Å²) in [5.41, 5.74) is 9.32. The maximum Gasteiger partial charge on any atom is 0.159 e. The zero-order valence-electron chi connectivity index (χ0n) is 12.7. The number of rotatable bonds is 5. The first-order chi connectivity index (χ1) is 10.6. The van der Waals surface area contributed by atoms with Gasteiger partial charge in [-0.15, -0.1) is 11.8 Å². The third-order valence-corrected chi connectivity index (χ3v) is 5.40. The molecule has 0 aliphatic rings. The Kier molecular flexibility index (Phi) is 6.68. The second kappa shape index (κ2) is 8.51. The van der Waals surface area contributed by atoms with Crippen LogP contribution >= 0.6 is 35.1 Å². The molecule has 116 valence electrons. The van der Waals surface area contributed by atoms with E-state index < -0.39 is 0 Å². The van der Waals surface area contributed by atoms with Crippen LogP contribution < -0.4 is 5.73 Å². The predicted octanol–water partition coefficient (Wildman–Crippen LogP) is 5.43. The van der Waals surface area contributed by atoms with Crippen LogP contribution in [-0.4, -0.2) is 16.7 Å². The third-order valence-electron chi connectivity index (χ3n) is 3.08. The Balaban J connectivity index is 1.83. The monoisotopic (exact) mass is 350 g/mol. The van der Waals surface area contributed by atoms with E-state index >= 15 is 0 Å². The van der Waals surface area contributed by atoms with Crippen LogP contribution in [0.3, 0.4) is 0 Å². The van der Waals surface area contributed by atoms with Crippen molar-refractivity contribution < 1.29 is 0 Å². The Morgan fingerprint density at radius 3 is 2.32 bits per heavy atom. The molecule has 0 fully saturated rings. The fraction of sp³-hybridized carbons (Fsp3) is 0.235. The Bertz CT molecular complexity index is 634. The summed E-state index contributed by atoms with van der Waals surface area (Å²) in [7, 11) is 0. The number of aliphatic imine (C=N–C) groups is 1. The van der Waals surface area contributed by atoms with Gasteiger partial charge in [-0.25, -0.2) is 4.99 Å². The summed E-state index contributed by atoms with van der Waals surface area (Å²) in [5.74, 6) is 1.91. The van der Waals surface area contributed by atoms with Crippen molar-refractivity contribution in [3.05, 3.63) is 58.6 Å². The van der Waals surface area contributed by atoms with Crippen LogP contribution in [0, 0.1) is 13.8 Å². The minimum Gasteiger partial charge on any atom is -0.378 e. The summed E-state index contributed by atoms with van der Waals surface area (Å²) >= 11 is 9.26. The molecule has 0 heterocycles. The van der Waals surface area contributed by atoms with E-state index in [1.807, 2.05) is 30.3 Å². The van der Waals surface area contributed by atoms with Crippen LogP contribution in [0.5, 0.6) is 0 Å². The van der Waals surface area contributed by atoms with Crippen molar-refractivity contribution in [3.63, 3.8) is 0 Å². The summed E-state index contributed by atoms with van der Waals surface area (Å²) in [6.07, 6.45) is 0. The standard InChI is InChI=1S/C17H19ClN2S2/c1-12-4-3-5-13(2)16(12)20-17(19)22-11-10-21-15-8-6-14(18)7-9-15/h3-9H,10-11H2,1-2H3,(H2,19,20). The highest BCUT2D eigenvalue weighted by Crippen LogP contribution is 2.25. The minimum absolute atomic E-state index is 0.620. The maximum absolute atomic E-state index is 6.03. The molecule has 0 aromatic heterocycles. The van der Waals surface area contributed by atoms with Crippen LogP contribution in [-0.2, 0) is 0 Å². The van der Waals surface area contributed by atoms with Gasteiger partial charge in [0, 0.05) is 21.4 Å². The lowest BCUT2D eigenvalue weighted by molar-refractivity contribution is 1.33. The average molecular weight is 351 g/mol. The van der Waals surface area contributed by atoms with E-state index in [1.165, 1.54) is 4.90 Å². The van der Waals surface area contributed by atoms with Gasteiger partial charge in [-0.3, -0.25) is 0 Å². The number of para-hydroxylation sites is 1. The van der Waals surface area contributed by atoms with Gasteiger partial charge in [-0.05, 0) is 49.2 Å². The summed E-state index contributed by atoms with van der Waals surface area (Å²) in [5, 5.41) is 1.39. The molecular formula is C17H19ClN2S2. The number of hydrogen-bond acceptors (Lipinski definition) is 3. The summed E-state index contributed by atoms with van der Waals surface area (Å²) in [4.78, 5) is 5.76. The number of nitrogens with two attached hydrogens (primary N) is 1. The highest BCUT2D eigenvalue weighted by molar-refractivity contribution is 8.14. The molecule has 0 aliphatic heterocycles. The fourth-order valence-corrected chi connectivity index (χ4v) is 3.68. The predicted molar refractivity (Wildman–Crippen MR) is 102 cm³/mol. The van der Waals surface area contributed by atoms with Crippen LogP contribution in [0.2, 0.25) is 5.02 Å². The van der Waals surface area contributed by atoms with Crippen molar-refractivity contribution in [1.82, 2.24) is 0 Å². The zero-order valence-corrected chi connectivity index (χ0v) is 15.1. The number of halogens is 1. The molecule has 0 saturated carbocycles. The molecule has 22 heavy (non-hydrogen) atoms. The number of hydrogen-bond donors (Lipinski definition) is 1. The molecule has 5 heteroatoms. The van der Waals surface area contributed by atoms with Gasteiger partial charge in [0.2, 0.25) is 0 Å². The molecular weight excluding hydrogens is 332 g/mol. The van der Waals surface area contributed by atoms with Crippen molar-refractivity contribution in [2.75, 3.05) is 11.5 Å². The molecule has 0 atom stereocenters. The quantitative estimate of drug-likeness (QED) is 0.338. The number of benzene rings is 2. The maximum atomic E-state index is 6.03. The molecule has 2 nitrogen and oxygen atoms in total. The van der Waals surface area contributed by atoms with E-state index in [2.05, 4.69) is 31.0 Å². The number of thioether (sulfide) groups is 2. The molecule has 0 aliphatic carbocycles. The zero-order chi connectivity index (χ0) is 15.9. The minimum atomic E-state index is 0.620. The molecule has 0 saturated heterocycles. The van der Waals surface area contributed by atoms with Gasteiger partial charge < -0.3 is 5.73 Å². The lowest BCUT2D eigenvalue weighted by atomic mass is 10.1. The summed E-state index contributed by atoms with van der Waals surface area (Å²) in [6, 6.07) is 14.0. The number of amidine groups is 1. The molecule has 2 rings (SSSR count). The molecule has 0 amide bonds. The van der Waals surface area contributed by atoms with E-state index in [0.29, 0.717) is 5.17 Å². The van der Waals surface area contributed by atoms with Gasteiger partial charge in [0.25, 0.3) is 0 Å². The molecule has 2 aromatic carbocycles. The second-order valence-corrected chi connectivity index (χ2v) is 7.56. The van der Waals surface area contributed by atoms with Gasteiger partial charge in [-0.1, -0.05) is 41.6 Å². The first-order valence-corrected chi connectivity index (χ1v) is 9.33. The van der Waals surface area contributed by atoms with E-state index in [-0.39, 0.29) is 0 Å². The lowest BCUT2D eigenvalue weighted by Gasteiger charge is -2.06. The van der Waals surface area contributed by atoms with E-state index in [4.69, 9.17) is 17.3 Å². The Hall–Kier alpha value is -1.10. The molecule has 0 unspecified atom stereocenters. The SMILES string of the molecule is Cc1cccc(C)c1N=C(N)SCCSc1ccc(Cl)cc1. The van der Waals surface area contributed by atoms with E-state index in [9.17, 15) is 0 Å². The molecule has 0 spiro atoms. The van der Waals surface area contributed by atoms with Crippen molar-refractivity contribution in [3.8, 4) is 0 Å². The summed E-state index contributed by atoms with van der Waals surface area (Å²) < 4.78 is 0. The highest BCUT2D eigenvalue weighted by atomic mass is 35.5. The van der Waals surface area contributed by atoms with Crippen molar-refractivity contribution in [2.45, 2.75) is 18.7 Å². The van der Waals surface area contributed by atoms with Crippen LogP contribution in [0.25, 0.3) is 0 Å². The van der Waals surface area contributed by atoms with Crippen molar-refractivity contribution in [1.29, 1.82) is 0 Å². The third kappa shape index (κ3) is 5.27.